The van der Waals surface area contributed by atoms with Gasteiger partial charge in [-0.15, -0.1) is 0 Å². The lowest BCUT2D eigenvalue weighted by molar-refractivity contribution is -0.136. The molecular formula is C21H23N7O. The molecule has 1 saturated heterocycles. The summed E-state index contributed by atoms with van der Waals surface area (Å²) in [5, 5.41) is 4.13. The number of carbonyl (C=O) groups excluding carboxylic acids is 1. The normalized spacial score (nSPS) is 19.1. The van der Waals surface area contributed by atoms with E-state index in [4.69, 9.17) is 0 Å². The highest BCUT2D eigenvalue weighted by Crippen LogP contribution is 2.26. The third kappa shape index (κ3) is 3.57. The quantitative estimate of drug-likeness (QED) is 0.680. The molecule has 1 aromatic carbocycles. The molecular weight excluding hydrogens is 366 g/mol. The van der Waals surface area contributed by atoms with E-state index in [1.165, 1.54) is 17.5 Å². The predicted molar refractivity (Wildman–Crippen MR) is 107 cm³/mol. The summed E-state index contributed by atoms with van der Waals surface area (Å²) in [5.74, 6) is 1.76. The summed E-state index contributed by atoms with van der Waals surface area (Å²) >= 11 is 0. The average Bonchev–Trinajstić information content (AvgIpc) is 3.33. The van der Waals surface area contributed by atoms with Crippen molar-refractivity contribution in [3.8, 4) is 5.82 Å². The van der Waals surface area contributed by atoms with E-state index in [0.717, 1.165) is 44.7 Å². The molecule has 0 bridgehead atoms. The number of anilines is 1. The number of fused-ring (bicyclic) bond motifs is 1. The molecule has 0 N–H and O–H groups in total. The fourth-order valence-electron chi connectivity index (χ4n) is 4.29. The summed E-state index contributed by atoms with van der Waals surface area (Å²) in [5.41, 5.74) is 2.64. The Morgan fingerprint density at radius 2 is 1.90 bits per heavy atom. The SMILES string of the molecule is O=C([C@H]1CCCN(c2cc(-n3cncn3)ncn2)C1)N1CCc2ccccc2C1. The largest absolute Gasteiger partial charge is 0.356 e. The summed E-state index contributed by atoms with van der Waals surface area (Å²) in [4.78, 5) is 30.1. The van der Waals surface area contributed by atoms with Gasteiger partial charge in [-0.3, -0.25) is 4.79 Å². The van der Waals surface area contributed by atoms with Crippen molar-refractivity contribution in [2.24, 2.45) is 5.92 Å². The molecule has 1 fully saturated rings. The number of nitrogens with zero attached hydrogens (tertiary/aromatic N) is 7. The third-order valence-electron chi connectivity index (χ3n) is 5.83. The van der Waals surface area contributed by atoms with Gasteiger partial charge < -0.3 is 9.80 Å². The molecule has 4 heterocycles. The highest BCUT2D eigenvalue weighted by Gasteiger charge is 2.31. The second kappa shape index (κ2) is 7.62. The van der Waals surface area contributed by atoms with Gasteiger partial charge in [-0.05, 0) is 30.4 Å². The van der Waals surface area contributed by atoms with E-state index in [2.05, 4.69) is 49.2 Å². The molecule has 2 aliphatic heterocycles. The van der Waals surface area contributed by atoms with Crippen molar-refractivity contribution in [3.05, 3.63) is 60.4 Å². The van der Waals surface area contributed by atoms with Gasteiger partial charge in [0.25, 0.3) is 0 Å². The molecule has 1 amide bonds. The maximum Gasteiger partial charge on any atom is 0.227 e. The summed E-state index contributed by atoms with van der Waals surface area (Å²) in [6.07, 6.45) is 7.47. The topological polar surface area (TPSA) is 80.0 Å². The Hall–Kier alpha value is -3.29. The standard InChI is InChI=1S/C21H23N7O/c29-21(27-9-7-16-4-1-2-5-17(16)11-27)18-6-3-8-26(12-18)19-10-20(24-14-23-19)28-15-22-13-25-28/h1-2,4-5,10,13-15,18H,3,6-9,11-12H2/t18-/m0/s1. The fraction of sp³-hybridized carbons (Fsp3) is 0.381. The molecule has 148 valence electrons. The second-order valence-corrected chi connectivity index (χ2v) is 7.64. The Bertz CT molecular complexity index is 1000. The van der Waals surface area contributed by atoms with E-state index in [1.807, 2.05) is 11.0 Å². The van der Waals surface area contributed by atoms with Gasteiger partial charge in [0, 0.05) is 32.2 Å². The van der Waals surface area contributed by atoms with E-state index in [0.29, 0.717) is 12.4 Å². The van der Waals surface area contributed by atoms with Crippen molar-refractivity contribution in [1.82, 2.24) is 29.6 Å². The lowest BCUT2D eigenvalue weighted by Crippen LogP contribution is -2.46. The summed E-state index contributed by atoms with van der Waals surface area (Å²) < 4.78 is 1.61. The molecule has 8 heteroatoms. The summed E-state index contributed by atoms with van der Waals surface area (Å²) in [7, 11) is 0. The van der Waals surface area contributed by atoms with Crippen LogP contribution in [0.25, 0.3) is 5.82 Å². The van der Waals surface area contributed by atoms with Crippen molar-refractivity contribution in [2.45, 2.75) is 25.8 Å². The number of carbonyl (C=O) groups is 1. The molecule has 2 aromatic heterocycles. The van der Waals surface area contributed by atoms with E-state index in [1.54, 1.807) is 17.3 Å². The molecule has 3 aromatic rings. The number of benzene rings is 1. The van der Waals surface area contributed by atoms with Crippen molar-refractivity contribution >= 4 is 11.7 Å². The van der Waals surface area contributed by atoms with Crippen LogP contribution in [0.4, 0.5) is 5.82 Å². The molecule has 5 rings (SSSR count). The molecule has 2 aliphatic rings. The Balaban J connectivity index is 1.30. The van der Waals surface area contributed by atoms with Crippen LogP contribution < -0.4 is 4.90 Å². The molecule has 0 saturated carbocycles. The molecule has 0 radical (unpaired) electrons. The first-order chi connectivity index (χ1) is 14.3. The minimum Gasteiger partial charge on any atom is -0.356 e. The third-order valence-corrected chi connectivity index (χ3v) is 5.83. The average molecular weight is 389 g/mol. The zero-order chi connectivity index (χ0) is 19.6. The van der Waals surface area contributed by atoms with E-state index in [9.17, 15) is 4.79 Å². The monoisotopic (exact) mass is 389 g/mol. The van der Waals surface area contributed by atoms with Gasteiger partial charge in [0.2, 0.25) is 5.91 Å². The maximum atomic E-state index is 13.2. The van der Waals surface area contributed by atoms with Gasteiger partial charge in [0.05, 0.1) is 5.92 Å². The molecule has 1 atom stereocenters. The molecule has 0 aliphatic carbocycles. The summed E-state index contributed by atoms with van der Waals surface area (Å²) in [6.45, 7) is 3.09. The fourth-order valence-corrected chi connectivity index (χ4v) is 4.29. The molecule has 0 unspecified atom stereocenters. The van der Waals surface area contributed by atoms with Crippen LogP contribution in [-0.4, -0.2) is 55.2 Å². The Kier molecular flexibility index (Phi) is 4.67. The number of rotatable bonds is 3. The predicted octanol–water partition coefficient (Wildman–Crippen LogP) is 1.86. The van der Waals surface area contributed by atoms with Gasteiger partial charge >= 0.3 is 0 Å². The zero-order valence-corrected chi connectivity index (χ0v) is 16.2. The van der Waals surface area contributed by atoms with Gasteiger partial charge in [0.1, 0.15) is 24.8 Å². The number of hydrogen-bond acceptors (Lipinski definition) is 6. The van der Waals surface area contributed by atoms with Crippen LogP contribution in [0, 0.1) is 5.92 Å². The first-order valence-corrected chi connectivity index (χ1v) is 10.1. The van der Waals surface area contributed by atoms with Crippen LogP contribution in [0.5, 0.6) is 0 Å². The van der Waals surface area contributed by atoms with E-state index in [-0.39, 0.29) is 11.8 Å². The Morgan fingerprint density at radius 3 is 2.76 bits per heavy atom. The van der Waals surface area contributed by atoms with Crippen LogP contribution in [0.1, 0.15) is 24.0 Å². The van der Waals surface area contributed by atoms with Crippen molar-refractivity contribution in [3.63, 3.8) is 0 Å². The first kappa shape index (κ1) is 17.8. The van der Waals surface area contributed by atoms with Crippen molar-refractivity contribution < 1.29 is 4.79 Å². The Labute approximate surface area is 169 Å². The Morgan fingerprint density at radius 1 is 1.03 bits per heavy atom. The minimum absolute atomic E-state index is 0.00111. The highest BCUT2D eigenvalue weighted by molar-refractivity contribution is 5.80. The number of piperidine rings is 1. The van der Waals surface area contributed by atoms with Gasteiger partial charge in [-0.1, -0.05) is 24.3 Å². The number of aromatic nitrogens is 5. The van der Waals surface area contributed by atoms with Gasteiger partial charge in [-0.25, -0.2) is 19.6 Å². The lowest BCUT2D eigenvalue weighted by Gasteiger charge is -2.37. The lowest BCUT2D eigenvalue weighted by atomic mass is 9.94. The zero-order valence-electron chi connectivity index (χ0n) is 16.2. The van der Waals surface area contributed by atoms with Crippen LogP contribution in [-0.2, 0) is 17.8 Å². The summed E-state index contributed by atoms with van der Waals surface area (Å²) in [6, 6.07) is 10.3. The smallest absolute Gasteiger partial charge is 0.227 e. The number of hydrogen-bond donors (Lipinski definition) is 0. The van der Waals surface area contributed by atoms with E-state index < -0.39 is 0 Å². The molecule has 8 nitrogen and oxygen atoms in total. The van der Waals surface area contributed by atoms with Gasteiger partial charge in [0.15, 0.2) is 5.82 Å². The van der Waals surface area contributed by atoms with Crippen molar-refractivity contribution in [2.75, 3.05) is 24.5 Å². The van der Waals surface area contributed by atoms with Crippen LogP contribution in [0.2, 0.25) is 0 Å². The van der Waals surface area contributed by atoms with Crippen molar-refractivity contribution in [1.29, 1.82) is 0 Å². The van der Waals surface area contributed by atoms with E-state index >= 15 is 0 Å². The van der Waals surface area contributed by atoms with Crippen LogP contribution in [0.15, 0.2) is 49.3 Å². The number of amides is 1. The van der Waals surface area contributed by atoms with Crippen LogP contribution in [0.3, 0.4) is 0 Å². The first-order valence-electron chi connectivity index (χ1n) is 10.1. The highest BCUT2D eigenvalue weighted by atomic mass is 16.2. The van der Waals surface area contributed by atoms with Crippen LogP contribution >= 0.6 is 0 Å². The minimum atomic E-state index is -0.00111. The van der Waals surface area contributed by atoms with Gasteiger partial charge in [-0.2, -0.15) is 5.10 Å². The molecule has 0 spiro atoms. The maximum absolute atomic E-state index is 13.2. The second-order valence-electron chi connectivity index (χ2n) is 7.64. The molecule has 29 heavy (non-hydrogen) atoms.